The van der Waals surface area contributed by atoms with Gasteiger partial charge in [-0.05, 0) is 51.3 Å². The Bertz CT molecular complexity index is 481. The summed E-state index contributed by atoms with van der Waals surface area (Å²) in [7, 11) is 0. The zero-order chi connectivity index (χ0) is 16.5. The Hall–Kier alpha value is -0.820. The van der Waals surface area contributed by atoms with E-state index < -0.39 is 0 Å². The van der Waals surface area contributed by atoms with E-state index >= 15 is 0 Å². The van der Waals surface area contributed by atoms with Crippen LogP contribution < -0.4 is 10.6 Å². The highest BCUT2D eigenvalue weighted by molar-refractivity contribution is 14.0. The van der Waals surface area contributed by atoms with Crippen LogP contribution in [0.25, 0.3) is 0 Å². The lowest BCUT2D eigenvalue weighted by Crippen LogP contribution is -2.41. The maximum absolute atomic E-state index is 4.70. The third kappa shape index (κ3) is 7.83. The number of aliphatic imine (C=N–C) groups is 1. The molecule has 2 N–H and O–H groups in total. The molecule has 1 saturated heterocycles. The van der Waals surface area contributed by atoms with Gasteiger partial charge in [0.1, 0.15) is 0 Å². The molecule has 1 heterocycles. The summed E-state index contributed by atoms with van der Waals surface area (Å²) < 4.78 is 0. The first-order valence-corrected chi connectivity index (χ1v) is 8.97. The van der Waals surface area contributed by atoms with Gasteiger partial charge in [0, 0.05) is 19.6 Å². The summed E-state index contributed by atoms with van der Waals surface area (Å²) in [5.74, 6) is 1.55. The molecule has 5 heteroatoms. The van der Waals surface area contributed by atoms with E-state index in [9.17, 15) is 0 Å². The number of benzene rings is 1. The summed E-state index contributed by atoms with van der Waals surface area (Å²) in [5, 5.41) is 6.83. The van der Waals surface area contributed by atoms with Crippen LogP contribution in [-0.2, 0) is 6.54 Å². The molecule has 136 valence electrons. The first-order chi connectivity index (χ1) is 11.2. The van der Waals surface area contributed by atoms with Crippen molar-refractivity contribution in [2.75, 3.05) is 32.7 Å². The lowest BCUT2D eigenvalue weighted by molar-refractivity contribution is 0.287. The van der Waals surface area contributed by atoms with Crippen LogP contribution in [0.15, 0.2) is 29.3 Å². The van der Waals surface area contributed by atoms with E-state index in [0.717, 1.165) is 25.6 Å². The van der Waals surface area contributed by atoms with Crippen LogP contribution in [-0.4, -0.2) is 43.6 Å². The van der Waals surface area contributed by atoms with E-state index in [0.29, 0.717) is 5.92 Å². The van der Waals surface area contributed by atoms with Crippen LogP contribution in [0.4, 0.5) is 0 Å². The highest BCUT2D eigenvalue weighted by Gasteiger charge is 2.14. The van der Waals surface area contributed by atoms with E-state index in [1.54, 1.807) is 0 Å². The SMILES string of the molecule is CCNC(=NCc1ccc(C)cc1)NCC(C)CN1CCCC1.I. The first kappa shape index (κ1) is 21.2. The van der Waals surface area contributed by atoms with Gasteiger partial charge in [0.2, 0.25) is 0 Å². The van der Waals surface area contributed by atoms with Gasteiger partial charge in [-0.3, -0.25) is 0 Å². The van der Waals surface area contributed by atoms with Crippen LogP contribution in [0.1, 0.15) is 37.8 Å². The number of hydrogen-bond acceptors (Lipinski definition) is 2. The molecule has 1 aromatic carbocycles. The average molecular weight is 444 g/mol. The molecule has 1 fully saturated rings. The molecule has 4 nitrogen and oxygen atoms in total. The molecule has 1 aromatic rings. The Balaban J connectivity index is 0.00000288. The number of hydrogen-bond donors (Lipinski definition) is 2. The van der Waals surface area contributed by atoms with Crippen LogP contribution >= 0.6 is 24.0 Å². The number of nitrogens with one attached hydrogen (secondary N) is 2. The molecule has 0 spiro atoms. The van der Waals surface area contributed by atoms with E-state index in [1.807, 2.05) is 0 Å². The number of likely N-dealkylation sites (tertiary alicyclic amines) is 1. The largest absolute Gasteiger partial charge is 0.357 e. The topological polar surface area (TPSA) is 39.7 Å². The molecule has 0 aromatic heterocycles. The van der Waals surface area contributed by atoms with Crippen LogP contribution in [0.3, 0.4) is 0 Å². The number of halogens is 1. The van der Waals surface area contributed by atoms with Gasteiger partial charge in [-0.15, -0.1) is 24.0 Å². The minimum atomic E-state index is 0. The summed E-state index contributed by atoms with van der Waals surface area (Å²) in [6, 6.07) is 8.59. The van der Waals surface area contributed by atoms with Gasteiger partial charge in [0.15, 0.2) is 5.96 Å². The smallest absolute Gasteiger partial charge is 0.191 e. The Morgan fingerprint density at radius 3 is 2.46 bits per heavy atom. The second-order valence-electron chi connectivity index (χ2n) is 6.67. The highest BCUT2D eigenvalue weighted by atomic mass is 127. The van der Waals surface area contributed by atoms with Crippen molar-refractivity contribution in [3.8, 4) is 0 Å². The molecule has 0 radical (unpaired) electrons. The standard InChI is InChI=1S/C19H32N4.HI/c1-4-20-19(22-14-18-9-7-16(2)8-10-18)21-13-17(3)15-23-11-5-6-12-23;/h7-10,17H,4-6,11-15H2,1-3H3,(H2,20,21,22);1H. The quantitative estimate of drug-likeness (QED) is 0.385. The van der Waals surface area contributed by atoms with Crippen LogP contribution in [0.5, 0.6) is 0 Å². The van der Waals surface area contributed by atoms with Crippen LogP contribution in [0.2, 0.25) is 0 Å². The maximum atomic E-state index is 4.70. The normalized spacial score (nSPS) is 16.5. The second-order valence-corrected chi connectivity index (χ2v) is 6.67. The van der Waals surface area contributed by atoms with E-state index in [-0.39, 0.29) is 24.0 Å². The van der Waals surface area contributed by atoms with E-state index in [1.165, 1.54) is 43.6 Å². The van der Waals surface area contributed by atoms with Gasteiger partial charge in [-0.1, -0.05) is 36.8 Å². The number of nitrogens with zero attached hydrogens (tertiary/aromatic N) is 2. The van der Waals surface area contributed by atoms with Gasteiger partial charge < -0.3 is 15.5 Å². The van der Waals surface area contributed by atoms with Crippen molar-refractivity contribution in [1.29, 1.82) is 0 Å². The summed E-state index contributed by atoms with van der Waals surface area (Å²) in [4.78, 5) is 7.27. The van der Waals surface area contributed by atoms with Crippen molar-refractivity contribution < 1.29 is 0 Å². The second kappa shape index (κ2) is 11.7. The molecule has 24 heavy (non-hydrogen) atoms. The van der Waals surface area contributed by atoms with Crippen LogP contribution in [0, 0.1) is 12.8 Å². The summed E-state index contributed by atoms with van der Waals surface area (Å²) in [5.41, 5.74) is 2.54. The minimum absolute atomic E-state index is 0. The van der Waals surface area contributed by atoms with Gasteiger partial charge in [-0.2, -0.15) is 0 Å². The average Bonchev–Trinajstić information content (AvgIpc) is 3.04. The molecule has 2 rings (SSSR count). The third-order valence-corrected chi connectivity index (χ3v) is 4.27. The van der Waals surface area contributed by atoms with Crippen molar-refractivity contribution in [2.24, 2.45) is 10.9 Å². The molecular formula is C19H33IN4. The lowest BCUT2D eigenvalue weighted by Gasteiger charge is -2.21. The molecule has 0 amide bonds. The molecular weight excluding hydrogens is 411 g/mol. The fraction of sp³-hybridized carbons (Fsp3) is 0.632. The van der Waals surface area contributed by atoms with E-state index in [2.05, 4.69) is 60.6 Å². The van der Waals surface area contributed by atoms with Crippen molar-refractivity contribution in [3.63, 3.8) is 0 Å². The molecule has 1 aliphatic rings. The zero-order valence-corrected chi connectivity index (χ0v) is 17.7. The van der Waals surface area contributed by atoms with Crippen molar-refractivity contribution in [2.45, 2.75) is 40.2 Å². The Kier molecular flexibility index (Phi) is 10.3. The predicted octanol–water partition coefficient (Wildman–Crippen LogP) is 3.40. The fourth-order valence-electron chi connectivity index (χ4n) is 2.95. The predicted molar refractivity (Wildman–Crippen MR) is 114 cm³/mol. The van der Waals surface area contributed by atoms with Crippen molar-refractivity contribution in [1.82, 2.24) is 15.5 Å². The molecule has 1 unspecified atom stereocenters. The lowest BCUT2D eigenvalue weighted by atomic mass is 10.1. The number of rotatable bonds is 7. The van der Waals surface area contributed by atoms with Gasteiger partial charge in [0.25, 0.3) is 0 Å². The monoisotopic (exact) mass is 444 g/mol. The minimum Gasteiger partial charge on any atom is -0.357 e. The van der Waals surface area contributed by atoms with Gasteiger partial charge in [-0.25, -0.2) is 4.99 Å². The Morgan fingerprint density at radius 1 is 1.17 bits per heavy atom. The zero-order valence-electron chi connectivity index (χ0n) is 15.3. The summed E-state index contributed by atoms with van der Waals surface area (Å²) in [6.45, 7) is 12.8. The molecule has 0 bridgehead atoms. The highest BCUT2D eigenvalue weighted by Crippen LogP contribution is 2.09. The molecule has 0 saturated carbocycles. The summed E-state index contributed by atoms with van der Waals surface area (Å²) in [6.07, 6.45) is 2.72. The molecule has 1 atom stereocenters. The Labute approximate surface area is 164 Å². The fourth-order valence-corrected chi connectivity index (χ4v) is 2.95. The Morgan fingerprint density at radius 2 is 1.83 bits per heavy atom. The number of guanidine groups is 1. The molecule has 0 aliphatic carbocycles. The van der Waals surface area contributed by atoms with Crippen molar-refractivity contribution >= 4 is 29.9 Å². The first-order valence-electron chi connectivity index (χ1n) is 8.97. The third-order valence-electron chi connectivity index (χ3n) is 4.27. The van der Waals surface area contributed by atoms with Gasteiger partial charge >= 0.3 is 0 Å². The van der Waals surface area contributed by atoms with Crippen molar-refractivity contribution in [3.05, 3.63) is 35.4 Å². The van der Waals surface area contributed by atoms with Gasteiger partial charge in [0.05, 0.1) is 6.54 Å². The maximum Gasteiger partial charge on any atom is 0.191 e. The van der Waals surface area contributed by atoms with E-state index in [4.69, 9.17) is 4.99 Å². The molecule has 1 aliphatic heterocycles. The summed E-state index contributed by atoms with van der Waals surface area (Å²) >= 11 is 0. The number of aryl methyl sites for hydroxylation is 1.